The van der Waals surface area contributed by atoms with E-state index in [4.69, 9.17) is 9.47 Å². The molecule has 4 heteroatoms. The average Bonchev–Trinajstić information content (AvgIpc) is 2.51. The molecule has 1 amide bonds. The Labute approximate surface area is 131 Å². The van der Waals surface area contributed by atoms with Gasteiger partial charge in [-0.25, -0.2) is 0 Å². The van der Waals surface area contributed by atoms with Crippen LogP contribution in [0.25, 0.3) is 0 Å². The van der Waals surface area contributed by atoms with E-state index in [1.807, 2.05) is 44.2 Å². The minimum atomic E-state index is -0.605. The normalized spacial score (nSPS) is 11.6. The second-order valence-electron chi connectivity index (χ2n) is 5.25. The first kappa shape index (κ1) is 15.9. The molecule has 4 nitrogen and oxygen atoms in total. The molecule has 1 atom stereocenters. The Balaban J connectivity index is 2.04. The molecule has 0 aromatic heterocycles. The van der Waals surface area contributed by atoms with E-state index in [0.717, 1.165) is 16.8 Å². The van der Waals surface area contributed by atoms with Gasteiger partial charge in [0.15, 0.2) is 6.10 Å². The van der Waals surface area contributed by atoms with Crippen LogP contribution in [0.4, 0.5) is 5.69 Å². The van der Waals surface area contributed by atoms with Crippen molar-refractivity contribution < 1.29 is 14.3 Å². The van der Waals surface area contributed by atoms with Crippen LogP contribution in [-0.2, 0) is 4.79 Å². The van der Waals surface area contributed by atoms with Gasteiger partial charge in [0.05, 0.1) is 7.11 Å². The van der Waals surface area contributed by atoms with Crippen molar-refractivity contribution in [3.63, 3.8) is 0 Å². The third-order valence-corrected chi connectivity index (χ3v) is 3.37. The van der Waals surface area contributed by atoms with Crippen molar-refractivity contribution in [2.24, 2.45) is 0 Å². The van der Waals surface area contributed by atoms with Crippen LogP contribution in [0.1, 0.15) is 18.1 Å². The van der Waals surface area contributed by atoms with Crippen LogP contribution in [0.15, 0.2) is 42.5 Å². The van der Waals surface area contributed by atoms with Gasteiger partial charge in [-0.2, -0.15) is 0 Å². The minimum absolute atomic E-state index is 0.184. The van der Waals surface area contributed by atoms with Crippen LogP contribution < -0.4 is 14.8 Å². The lowest BCUT2D eigenvalue weighted by atomic mass is 10.1. The highest BCUT2D eigenvalue weighted by atomic mass is 16.5. The van der Waals surface area contributed by atoms with Gasteiger partial charge in [-0.3, -0.25) is 4.79 Å². The second-order valence-corrected chi connectivity index (χ2v) is 5.25. The number of rotatable bonds is 5. The fourth-order valence-corrected chi connectivity index (χ4v) is 2.04. The monoisotopic (exact) mass is 299 g/mol. The van der Waals surface area contributed by atoms with Crippen molar-refractivity contribution >= 4 is 11.6 Å². The Morgan fingerprint density at radius 1 is 1.09 bits per heavy atom. The predicted molar refractivity (Wildman–Crippen MR) is 87.6 cm³/mol. The maximum atomic E-state index is 12.3. The predicted octanol–water partition coefficient (Wildman–Crippen LogP) is 3.72. The maximum absolute atomic E-state index is 12.3. The van der Waals surface area contributed by atoms with Crippen LogP contribution in [0.2, 0.25) is 0 Å². The number of aryl methyl sites for hydroxylation is 2. The Morgan fingerprint density at radius 3 is 2.55 bits per heavy atom. The minimum Gasteiger partial charge on any atom is -0.497 e. The van der Waals surface area contributed by atoms with Crippen LogP contribution in [0.5, 0.6) is 11.5 Å². The van der Waals surface area contributed by atoms with Crippen molar-refractivity contribution in [2.45, 2.75) is 26.9 Å². The van der Waals surface area contributed by atoms with E-state index in [1.165, 1.54) is 0 Å². The highest BCUT2D eigenvalue weighted by Crippen LogP contribution is 2.21. The van der Waals surface area contributed by atoms with E-state index < -0.39 is 6.10 Å². The molecule has 0 aliphatic heterocycles. The van der Waals surface area contributed by atoms with E-state index in [2.05, 4.69) is 5.32 Å². The molecule has 1 N–H and O–H groups in total. The zero-order valence-electron chi connectivity index (χ0n) is 13.3. The highest BCUT2D eigenvalue weighted by molar-refractivity contribution is 5.94. The van der Waals surface area contributed by atoms with Crippen molar-refractivity contribution in [2.75, 3.05) is 12.4 Å². The fraction of sp³-hybridized carbons (Fsp3) is 0.278. The SMILES string of the molecule is COc1cccc(OC(C)C(=O)Nc2cc(C)ccc2C)c1. The summed E-state index contributed by atoms with van der Waals surface area (Å²) in [6.45, 7) is 5.67. The molecular formula is C18H21NO3. The van der Waals surface area contributed by atoms with E-state index in [0.29, 0.717) is 11.5 Å². The molecular weight excluding hydrogens is 278 g/mol. The van der Waals surface area contributed by atoms with E-state index >= 15 is 0 Å². The number of benzene rings is 2. The summed E-state index contributed by atoms with van der Waals surface area (Å²) in [5.41, 5.74) is 2.93. The van der Waals surface area contributed by atoms with Gasteiger partial charge in [-0.05, 0) is 50.1 Å². The molecule has 0 spiro atoms. The Kier molecular flexibility index (Phi) is 5.04. The number of hydrogen-bond donors (Lipinski definition) is 1. The lowest BCUT2D eigenvalue weighted by Gasteiger charge is -2.16. The fourth-order valence-electron chi connectivity index (χ4n) is 2.04. The Morgan fingerprint density at radius 2 is 1.82 bits per heavy atom. The van der Waals surface area contributed by atoms with Crippen molar-refractivity contribution in [1.82, 2.24) is 0 Å². The standard InChI is InChI=1S/C18H21NO3/c1-12-8-9-13(2)17(10-12)19-18(20)14(3)22-16-7-5-6-15(11-16)21-4/h5-11,14H,1-4H3,(H,19,20). The molecule has 0 aliphatic rings. The smallest absolute Gasteiger partial charge is 0.265 e. The Hall–Kier alpha value is -2.49. The van der Waals surface area contributed by atoms with Gasteiger partial charge in [0.1, 0.15) is 11.5 Å². The molecule has 2 rings (SSSR count). The first-order chi connectivity index (χ1) is 10.5. The lowest BCUT2D eigenvalue weighted by Crippen LogP contribution is -2.30. The van der Waals surface area contributed by atoms with Crippen molar-refractivity contribution in [3.05, 3.63) is 53.6 Å². The molecule has 2 aromatic carbocycles. The van der Waals surface area contributed by atoms with E-state index in [-0.39, 0.29) is 5.91 Å². The third-order valence-electron chi connectivity index (χ3n) is 3.37. The number of nitrogens with one attached hydrogen (secondary N) is 1. The number of carbonyl (C=O) groups is 1. The first-order valence-corrected chi connectivity index (χ1v) is 7.18. The second kappa shape index (κ2) is 6.98. The molecule has 116 valence electrons. The van der Waals surface area contributed by atoms with Gasteiger partial charge in [0.2, 0.25) is 0 Å². The van der Waals surface area contributed by atoms with Gasteiger partial charge >= 0.3 is 0 Å². The molecule has 2 aromatic rings. The molecule has 0 fully saturated rings. The average molecular weight is 299 g/mol. The van der Waals surface area contributed by atoms with Crippen molar-refractivity contribution in [1.29, 1.82) is 0 Å². The van der Waals surface area contributed by atoms with Gasteiger partial charge in [0.25, 0.3) is 5.91 Å². The molecule has 0 saturated heterocycles. The molecule has 0 radical (unpaired) electrons. The number of hydrogen-bond acceptors (Lipinski definition) is 3. The van der Waals surface area contributed by atoms with Crippen LogP contribution in [0.3, 0.4) is 0 Å². The van der Waals surface area contributed by atoms with Gasteiger partial charge in [-0.1, -0.05) is 18.2 Å². The highest BCUT2D eigenvalue weighted by Gasteiger charge is 2.16. The number of methoxy groups -OCH3 is 1. The first-order valence-electron chi connectivity index (χ1n) is 7.18. The molecule has 0 heterocycles. The summed E-state index contributed by atoms with van der Waals surface area (Å²) >= 11 is 0. The largest absolute Gasteiger partial charge is 0.497 e. The Bertz CT molecular complexity index is 667. The number of carbonyl (C=O) groups excluding carboxylic acids is 1. The summed E-state index contributed by atoms with van der Waals surface area (Å²) in [6.07, 6.45) is -0.605. The van der Waals surface area contributed by atoms with Crippen LogP contribution in [0, 0.1) is 13.8 Å². The third kappa shape index (κ3) is 4.01. The van der Waals surface area contributed by atoms with Gasteiger partial charge in [0, 0.05) is 11.8 Å². The molecule has 0 aliphatic carbocycles. The number of ether oxygens (including phenoxy) is 2. The lowest BCUT2D eigenvalue weighted by molar-refractivity contribution is -0.122. The van der Waals surface area contributed by atoms with Crippen LogP contribution in [-0.4, -0.2) is 19.1 Å². The van der Waals surface area contributed by atoms with Crippen molar-refractivity contribution in [3.8, 4) is 11.5 Å². The summed E-state index contributed by atoms with van der Waals surface area (Å²) in [4.78, 5) is 12.3. The van der Waals surface area contributed by atoms with E-state index in [1.54, 1.807) is 26.2 Å². The molecule has 0 bridgehead atoms. The van der Waals surface area contributed by atoms with Gasteiger partial charge in [-0.15, -0.1) is 0 Å². The number of anilines is 1. The topological polar surface area (TPSA) is 47.6 Å². The van der Waals surface area contributed by atoms with Crippen LogP contribution >= 0.6 is 0 Å². The summed E-state index contributed by atoms with van der Waals surface area (Å²) in [6, 6.07) is 13.1. The quantitative estimate of drug-likeness (QED) is 0.915. The molecule has 1 unspecified atom stereocenters. The zero-order valence-corrected chi connectivity index (χ0v) is 13.3. The molecule has 22 heavy (non-hydrogen) atoms. The summed E-state index contributed by atoms with van der Waals surface area (Å²) in [5, 5.41) is 2.90. The summed E-state index contributed by atoms with van der Waals surface area (Å²) < 4.78 is 10.8. The summed E-state index contributed by atoms with van der Waals surface area (Å²) in [5.74, 6) is 1.11. The van der Waals surface area contributed by atoms with Gasteiger partial charge < -0.3 is 14.8 Å². The number of amides is 1. The molecule has 0 saturated carbocycles. The zero-order chi connectivity index (χ0) is 16.1. The maximum Gasteiger partial charge on any atom is 0.265 e. The van der Waals surface area contributed by atoms with E-state index in [9.17, 15) is 4.79 Å². The summed E-state index contributed by atoms with van der Waals surface area (Å²) in [7, 11) is 1.59.